The highest BCUT2D eigenvalue weighted by Crippen LogP contribution is 2.27. The van der Waals surface area contributed by atoms with E-state index in [1.807, 2.05) is 0 Å². The van der Waals surface area contributed by atoms with Crippen LogP contribution in [-0.2, 0) is 9.59 Å². The van der Waals surface area contributed by atoms with Crippen molar-refractivity contribution in [1.29, 1.82) is 0 Å². The summed E-state index contributed by atoms with van der Waals surface area (Å²) in [7, 11) is 0. The predicted molar refractivity (Wildman–Crippen MR) is 94.6 cm³/mol. The Morgan fingerprint density at radius 1 is 1.08 bits per heavy atom. The Morgan fingerprint density at radius 3 is 2.50 bits per heavy atom. The van der Waals surface area contributed by atoms with Crippen LogP contribution in [-0.4, -0.2) is 31.5 Å². The van der Waals surface area contributed by atoms with Gasteiger partial charge in [0.25, 0.3) is 5.91 Å². The minimum absolute atomic E-state index is 0.0909. The highest BCUT2D eigenvalue weighted by atomic mass is 35.5. The summed E-state index contributed by atoms with van der Waals surface area (Å²) >= 11 is 11.8. The van der Waals surface area contributed by atoms with E-state index in [9.17, 15) is 9.59 Å². The molecule has 0 saturated heterocycles. The minimum atomic E-state index is -0.270. The largest absolute Gasteiger partial charge is 0.482 e. The van der Waals surface area contributed by atoms with Crippen molar-refractivity contribution in [3.05, 3.63) is 28.2 Å². The minimum Gasteiger partial charge on any atom is -0.482 e. The van der Waals surface area contributed by atoms with Gasteiger partial charge in [-0.25, -0.2) is 0 Å². The molecule has 1 aromatic carbocycles. The van der Waals surface area contributed by atoms with E-state index in [2.05, 4.69) is 10.6 Å². The van der Waals surface area contributed by atoms with Crippen molar-refractivity contribution in [2.75, 3.05) is 19.7 Å². The van der Waals surface area contributed by atoms with Crippen LogP contribution < -0.4 is 15.4 Å². The van der Waals surface area contributed by atoms with Gasteiger partial charge in [0, 0.05) is 24.0 Å². The molecule has 24 heavy (non-hydrogen) atoms. The van der Waals surface area contributed by atoms with Crippen LogP contribution in [0.1, 0.15) is 32.1 Å². The van der Waals surface area contributed by atoms with Crippen LogP contribution in [0.25, 0.3) is 0 Å². The number of hydrogen-bond donors (Lipinski definition) is 2. The van der Waals surface area contributed by atoms with Gasteiger partial charge in [-0.3, -0.25) is 9.59 Å². The molecular formula is C17H22Cl2N2O3. The molecule has 0 bridgehead atoms. The fourth-order valence-electron chi connectivity index (χ4n) is 2.68. The number of halogens is 2. The second-order valence-corrected chi connectivity index (χ2v) is 6.68. The van der Waals surface area contributed by atoms with Gasteiger partial charge in [0.2, 0.25) is 5.91 Å². The summed E-state index contributed by atoms with van der Waals surface area (Å²) in [4.78, 5) is 23.7. The van der Waals surface area contributed by atoms with Crippen molar-refractivity contribution in [3.63, 3.8) is 0 Å². The molecular weight excluding hydrogens is 351 g/mol. The molecule has 0 unspecified atom stereocenters. The summed E-state index contributed by atoms with van der Waals surface area (Å²) in [5.41, 5.74) is 0. The maximum absolute atomic E-state index is 11.9. The maximum Gasteiger partial charge on any atom is 0.258 e. The number of benzene rings is 1. The lowest BCUT2D eigenvalue weighted by Crippen LogP contribution is -2.39. The van der Waals surface area contributed by atoms with Crippen molar-refractivity contribution < 1.29 is 14.3 Å². The van der Waals surface area contributed by atoms with Crippen molar-refractivity contribution in [3.8, 4) is 5.75 Å². The van der Waals surface area contributed by atoms with E-state index in [-0.39, 0.29) is 24.3 Å². The summed E-state index contributed by atoms with van der Waals surface area (Å²) in [6.07, 6.45) is 5.40. The summed E-state index contributed by atoms with van der Waals surface area (Å²) in [5.74, 6) is 0.354. The number of carbonyl (C=O) groups is 2. The zero-order valence-corrected chi connectivity index (χ0v) is 15.0. The Labute approximate surface area is 152 Å². The summed E-state index contributed by atoms with van der Waals surface area (Å²) in [6, 6.07) is 4.81. The molecule has 7 heteroatoms. The molecule has 0 aliphatic heterocycles. The molecule has 2 rings (SSSR count). The zero-order chi connectivity index (χ0) is 17.4. The fourth-order valence-corrected chi connectivity index (χ4v) is 3.15. The molecule has 0 heterocycles. The van der Waals surface area contributed by atoms with Crippen molar-refractivity contribution >= 4 is 35.0 Å². The Hall–Kier alpha value is -1.46. The molecule has 132 valence electrons. The Morgan fingerprint density at radius 2 is 1.79 bits per heavy atom. The molecule has 2 amide bonds. The first-order valence-electron chi connectivity index (χ1n) is 8.18. The van der Waals surface area contributed by atoms with Crippen LogP contribution in [0, 0.1) is 5.92 Å². The number of nitrogens with one attached hydrogen (secondary N) is 2. The normalized spacial score (nSPS) is 14.9. The van der Waals surface area contributed by atoms with E-state index in [1.54, 1.807) is 18.2 Å². The molecule has 0 aromatic heterocycles. The average Bonchev–Trinajstić information content (AvgIpc) is 2.58. The van der Waals surface area contributed by atoms with Crippen LogP contribution in [0.5, 0.6) is 5.75 Å². The fraction of sp³-hybridized carbons (Fsp3) is 0.529. The predicted octanol–water partition coefficient (Wildman–Crippen LogP) is 3.18. The van der Waals surface area contributed by atoms with Crippen LogP contribution in [0.2, 0.25) is 10.0 Å². The van der Waals surface area contributed by atoms with Crippen LogP contribution in [0.3, 0.4) is 0 Å². The molecule has 0 radical (unpaired) electrons. The Balaban J connectivity index is 1.60. The second kappa shape index (κ2) is 9.74. The van der Waals surface area contributed by atoms with Gasteiger partial charge in [-0.15, -0.1) is 0 Å². The summed E-state index contributed by atoms with van der Waals surface area (Å²) < 4.78 is 5.34. The van der Waals surface area contributed by atoms with Gasteiger partial charge in [0.05, 0.1) is 5.02 Å². The molecule has 1 fully saturated rings. The first-order chi connectivity index (χ1) is 11.6. The molecule has 0 spiro atoms. The van der Waals surface area contributed by atoms with E-state index in [4.69, 9.17) is 27.9 Å². The highest BCUT2D eigenvalue weighted by molar-refractivity contribution is 6.35. The van der Waals surface area contributed by atoms with Crippen molar-refractivity contribution in [1.82, 2.24) is 10.6 Å². The number of carbonyl (C=O) groups excluding carboxylic acids is 2. The molecule has 2 N–H and O–H groups in total. The van der Waals surface area contributed by atoms with Gasteiger partial charge < -0.3 is 15.4 Å². The third kappa shape index (κ3) is 6.21. The zero-order valence-electron chi connectivity index (χ0n) is 13.4. The number of amides is 2. The van der Waals surface area contributed by atoms with Gasteiger partial charge in [0.15, 0.2) is 6.61 Å². The van der Waals surface area contributed by atoms with E-state index in [1.165, 1.54) is 6.42 Å². The Kier molecular flexibility index (Phi) is 7.66. The van der Waals surface area contributed by atoms with Gasteiger partial charge in [-0.05, 0) is 31.0 Å². The van der Waals surface area contributed by atoms with Crippen LogP contribution >= 0.6 is 23.2 Å². The molecule has 1 aliphatic rings. The second-order valence-electron chi connectivity index (χ2n) is 5.84. The Bertz CT molecular complexity index is 575. The first-order valence-corrected chi connectivity index (χ1v) is 8.94. The summed E-state index contributed by atoms with van der Waals surface area (Å²) in [5, 5.41) is 6.42. The first kappa shape index (κ1) is 18.9. The van der Waals surface area contributed by atoms with E-state index in [0.29, 0.717) is 28.9 Å². The third-order valence-electron chi connectivity index (χ3n) is 3.98. The van der Waals surface area contributed by atoms with Crippen molar-refractivity contribution in [2.45, 2.75) is 32.1 Å². The number of rotatable bonds is 7. The highest BCUT2D eigenvalue weighted by Gasteiger charge is 2.20. The van der Waals surface area contributed by atoms with E-state index >= 15 is 0 Å². The van der Waals surface area contributed by atoms with Gasteiger partial charge in [-0.1, -0.05) is 42.5 Å². The van der Waals surface area contributed by atoms with Gasteiger partial charge >= 0.3 is 0 Å². The maximum atomic E-state index is 11.9. The van der Waals surface area contributed by atoms with Crippen molar-refractivity contribution in [2.24, 2.45) is 5.92 Å². The lowest BCUT2D eigenvalue weighted by molar-refractivity contribution is -0.126. The molecule has 5 nitrogen and oxygen atoms in total. The number of hydrogen-bond acceptors (Lipinski definition) is 3. The van der Waals surface area contributed by atoms with Crippen LogP contribution in [0.15, 0.2) is 18.2 Å². The standard InChI is InChI=1S/C17H22Cl2N2O3/c18-13-6-7-15(14(19)10-13)24-11-16(22)20-8-9-21-17(23)12-4-2-1-3-5-12/h6-7,10,12H,1-5,8-9,11H2,(H,20,22)(H,21,23). The smallest absolute Gasteiger partial charge is 0.258 e. The average molecular weight is 373 g/mol. The quantitative estimate of drug-likeness (QED) is 0.722. The summed E-state index contributed by atoms with van der Waals surface area (Å²) in [6.45, 7) is 0.649. The SMILES string of the molecule is O=C(COc1ccc(Cl)cc1Cl)NCCNC(=O)C1CCCCC1. The van der Waals surface area contributed by atoms with Crippen LogP contribution in [0.4, 0.5) is 0 Å². The lowest BCUT2D eigenvalue weighted by Gasteiger charge is -2.20. The molecule has 1 aromatic rings. The number of ether oxygens (including phenoxy) is 1. The monoisotopic (exact) mass is 372 g/mol. The van der Waals surface area contributed by atoms with Gasteiger partial charge in [-0.2, -0.15) is 0 Å². The van der Waals surface area contributed by atoms with E-state index in [0.717, 1.165) is 25.7 Å². The lowest BCUT2D eigenvalue weighted by atomic mass is 9.89. The van der Waals surface area contributed by atoms with Gasteiger partial charge in [0.1, 0.15) is 5.75 Å². The molecule has 1 saturated carbocycles. The molecule has 1 aliphatic carbocycles. The third-order valence-corrected chi connectivity index (χ3v) is 4.51. The topological polar surface area (TPSA) is 67.4 Å². The molecule has 0 atom stereocenters. The van der Waals surface area contributed by atoms with E-state index < -0.39 is 0 Å².